The number of tetrazole rings is 1. The summed E-state index contributed by atoms with van der Waals surface area (Å²) in [6, 6.07) is 4.28. The maximum atomic E-state index is 13.4. The number of aromatic nitrogens is 4. The molecule has 1 aromatic carbocycles. The van der Waals surface area contributed by atoms with Crippen LogP contribution in [0.1, 0.15) is 16.2 Å². The summed E-state index contributed by atoms with van der Waals surface area (Å²) in [5.41, 5.74) is 0.379. The third-order valence-corrected chi connectivity index (χ3v) is 2.30. The van der Waals surface area contributed by atoms with Crippen molar-refractivity contribution in [1.82, 2.24) is 25.9 Å². The molecule has 2 rings (SSSR count). The predicted molar refractivity (Wildman–Crippen MR) is 61.3 cm³/mol. The summed E-state index contributed by atoms with van der Waals surface area (Å²) in [6.45, 7) is 0.120. The van der Waals surface area contributed by atoms with Crippen LogP contribution in [0.3, 0.4) is 0 Å². The van der Waals surface area contributed by atoms with Gasteiger partial charge in [0.15, 0.2) is 5.82 Å². The molecule has 0 radical (unpaired) electrons. The summed E-state index contributed by atoms with van der Waals surface area (Å²) in [6.07, 6.45) is 0. The first-order chi connectivity index (χ1) is 8.72. The van der Waals surface area contributed by atoms with Crippen molar-refractivity contribution >= 4 is 11.6 Å². The second-order valence-corrected chi connectivity index (χ2v) is 3.42. The third-order valence-electron chi connectivity index (χ3n) is 2.30. The molecule has 18 heavy (non-hydrogen) atoms. The highest BCUT2D eigenvalue weighted by molar-refractivity contribution is 5.99. The zero-order chi connectivity index (χ0) is 13.0. The SMILES string of the molecule is CNc1c(F)cccc1C(=O)NCc1nn[nH]n1. The van der Waals surface area contributed by atoms with Crippen molar-refractivity contribution < 1.29 is 9.18 Å². The van der Waals surface area contributed by atoms with E-state index in [1.807, 2.05) is 0 Å². The second kappa shape index (κ2) is 5.21. The van der Waals surface area contributed by atoms with Crippen LogP contribution in [0.5, 0.6) is 0 Å². The van der Waals surface area contributed by atoms with Crippen molar-refractivity contribution in [2.24, 2.45) is 0 Å². The first-order valence-corrected chi connectivity index (χ1v) is 5.19. The molecule has 0 saturated carbocycles. The Labute approximate surface area is 102 Å². The number of anilines is 1. The highest BCUT2D eigenvalue weighted by Crippen LogP contribution is 2.18. The van der Waals surface area contributed by atoms with Crippen LogP contribution in [0.25, 0.3) is 0 Å². The minimum absolute atomic E-state index is 0.120. The van der Waals surface area contributed by atoms with Gasteiger partial charge in [-0.25, -0.2) is 4.39 Å². The van der Waals surface area contributed by atoms with Crippen molar-refractivity contribution in [3.63, 3.8) is 0 Å². The summed E-state index contributed by atoms with van der Waals surface area (Å²) in [4.78, 5) is 11.9. The Bertz CT molecular complexity index is 541. The maximum absolute atomic E-state index is 13.4. The molecule has 1 aromatic heterocycles. The van der Waals surface area contributed by atoms with Crippen LogP contribution in [0.4, 0.5) is 10.1 Å². The Hall–Kier alpha value is -2.51. The van der Waals surface area contributed by atoms with Crippen LogP contribution < -0.4 is 10.6 Å². The zero-order valence-corrected chi connectivity index (χ0v) is 9.57. The van der Waals surface area contributed by atoms with Gasteiger partial charge in [-0.3, -0.25) is 4.79 Å². The highest BCUT2D eigenvalue weighted by Gasteiger charge is 2.14. The van der Waals surface area contributed by atoms with Crippen molar-refractivity contribution in [2.75, 3.05) is 12.4 Å². The van der Waals surface area contributed by atoms with Crippen molar-refractivity contribution in [3.05, 3.63) is 35.4 Å². The number of nitrogens with one attached hydrogen (secondary N) is 3. The van der Waals surface area contributed by atoms with E-state index in [-0.39, 0.29) is 17.8 Å². The van der Waals surface area contributed by atoms with Crippen LogP contribution in [-0.4, -0.2) is 33.6 Å². The van der Waals surface area contributed by atoms with Gasteiger partial charge in [-0.2, -0.15) is 5.21 Å². The number of benzene rings is 1. The van der Waals surface area contributed by atoms with E-state index in [1.54, 1.807) is 7.05 Å². The average molecular weight is 250 g/mol. The number of carbonyl (C=O) groups excluding carboxylic acids is 1. The van der Waals surface area contributed by atoms with Crippen molar-refractivity contribution in [2.45, 2.75) is 6.54 Å². The van der Waals surface area contributed by atoms with E-state index in [4.69, 9.17) is 0 Å². The number of hydrogen-bond acceptors (Lipinski definition) is 5. The molecule has 0 aliphatic carbocycles. The lowest BCUT2D eigenvalue weighted by Gasteiger charge is -2.09. The van der Waals surface area contributed by atoms with E-state index < -0.39 is 11.7 Å². The van der Waals surface area contributed by atoms with E-state index in [0.717, 1.165) is 0 Å². The summed E-state index contributed by atoms with van der Waals surface area (Å²) < 4.78 is 13.4. The van der Waals surface area contributed by atoms with Crippen molar-refractivity contribution in [3.8, 4) is 0 Å². The summed E-state index contributed by atoms with van der Waals surface area (Å²) in [5, 5.41) is 18.2. The molecule has 7 nitrogen and oxygen atoms in total. The van der Waals surface area contributed by atoms with Gasteiger partial charge in [-0.15, -0.1) is 10.2 Å². The van der Waals surface area contributed by atoms with Crippen LogP contribution in [-0.2, 0) is 6.54 Å². The van der Waals surface area contributed by atoms with E-state index in [0.29, 0.717) is 5.82 Å². The van der Waals surface area contributed by atoms with E-state index in [1.165, 1.54) is 18.2 Å². The molecular weight excluding hydrogens is 239 g/mol. The van der Waals surface area contributed by atoms with E-state index in [9.17, 15) is 9.18 Å². The lowest BCUT2D eigenvalue weighted by Crippen LogP contribution is -2.24. The van der Waals surface area contributed by atoms with Gasteiger partial charge < -0.3 is 10.6 Å². The largest absolute Gasteiger partial charge is 0.385 e. The first-order valence-electron chi connectivity index (χ1n) is 5.19. The first kappa shape index (κ1) is 12.0. The molecular formula is C10H11FN6O. The summed E-state index contributed by atoms with van der Waals surface area (Å²) in [5.74, 6) is -0.542. The minimum Gasteiger partial charge on any atom is -0.385 e. The van der Waals surface area contributed by atoms with E-state index in [2.05, 4.69) is 31.3 Å². The number of aromatic amines is 1. The van der Waals surface area contributed by atoms with Crippen molar-refractivity contribution in [1.29, 1.82) is 0 Å². The average Bonchev–Trinajstić information content (AvgIpc) is 2.88. The molecule has 0 spiro atoms. The molecule has 3 N–H and O–H groups in total. The molecule has 0 atom stereocenters. The lowest BCUT2D eigenvalue weighted by atomic mass is 10.1. The molecule has 0 fully saturated rings. The minimum atomic E-state index is -0.482. The van der Waals surface area contributed by atoms with Gasteiger partial charge in [0, 0.05) is 7.05 Å². The van der Waals surface area contributed by atoms with Crippen LogP contribution in [0, 0.1) is 5.82 Å². The third kappa shape index (κ3) is 2.42. The normalized spacial score (nSPS) is 10.1. The van der Waals surface area contributed by atoms with Crippen LogP contribution >= 0.6 is 0 Å². The topological polar surface area (TPSA) is 95.6 Å². The zero-order valence-electron chi connectivity index (χ0n) is 9.57. The molecule has 1 heterocycles. The fourth-order valence-electron chi connectivity index (χ4n) is 1.48. The number of amides is 1. The van der Waals surface area contributed by atoms with Crippen LogP contribution in [0.15, 0.2) is 18.2 Å². The molecule has 8 heteroatoms. The monoisotopic (exact) mass is 250 g/mol. The second-order valence-electron chi connectivity index (χ2n) is 3.42. The summed E-state index contributed by atoms with van der Waals surface area (Å²) >= 11 is 0. The highest BCUT2D eigenvalue weighted by atomic mass is 19.1. The lowest BCUT2D eigenvalue weighted by molar-refractivity contribution is 0.0950. The van der Waals surface area contributed by atoms with Gasteiger partial charge in [-0.05, 0) is 12.1 Å². The van der Waals surface area contributed by atoms with Gasteiger partial charge in [-0.1, -0.05) is 11.3 Å². The Morgan fingerprint density at radius 2 is 2.33 bits per heavy atom. The Morgan fingerprint density at radius 1 is 1.50 bits per heavy atom. The molecule has 0 aliphatic rings. The number of para-hydroxylation sites is 1. The molecule has 0 saturated heterocycles. The smallest absolute Gasteiger partial charge is 0.253 e. The number of H-pyrrole nitrogens is 1. The maximum Gasteiger partial charge on any atom is 0.253 e. The Morgan fingerprint density at radius 3 is 3.00 bits per heavy atom. The molecule has 0 unspecified atom stereocenters. The van der Waals surface area contributed by atoms with Gasteiger partial charge in [0.05, 0.1) is 17.8 Å². The summed E-state index contributed by atoms with van der Waals surface area (Å²) in [7, 11) is 1.55. The molecule has 0 aliphatic heterocycles. The Kier molecular flexibility index (Phi) is 3.46. The van der Waals surface area contributed by atoms with Crippen LogP contribution in [0.2, 0.25) is 0 Å². The number of rotatable bonds is 4. The molecule has 94 valence electrons. The Balaban J connectivity index is 2.11. The predicted octanol–water partition coefficient (Wildman–Crippen LogP) is 0.310. The number of halogens is 1. The molecule has 1 amide bonds. The molecule has 0 bridgehead atoms. The number of carbonyl (C=O) groups is 1. The van der Waals surface area contributed by atoms with Gasteiger partial charge in [0.2, 0.25) is 0 Å². The number of nitrogens with zero attached hydrogens (tertiary/aromatic N) is 3. The molecule has 2 aromatic rings. The van der Waals surface area contributed by atoms with Gasteiger partial charge in [0.25, 0.3) is 5.91 Å². The van der Waals surface area contributed by atoms with E-state index >= 15 is 0 Å². The number of hydrogen-bond donors (Lipinski definition) is 3. The fourth-order valence-corrected chi connectivity index (χ4v) is 1.48. The quantitative estimate of drug-likeness (QED) is 0.725. The van der Waals surface area contributed by atoms with Gasteiger partial charge in [0.1, 0.15) is 5.82 Å². The fraction of sp³-hybridized carbons (Fsp3) is 0.200. The standard InChI is InChI=1S/C10H11FN6O/c1-12-9-6(3-2-4-7(9)11)10(18)13-5-8-14-16-17-15-8/h2-4,12H,5H2,1H3,(H,13,18)(H,14,15,16,17). The van der Waals surface area contributed by atoms with Gasteiger partial charge >= 0.3 is 0 Å².